The van der Waals surface area contributed by atoms with Crippen LogP contribution >= 0.6 is 12.4 Å². The quantitative estimate of drug-likeness (QED) is 0.889. The Hall–Kier alpha value is -1.78. The third kappa shape index (κ3) is 4.36. The molecule has 0 aliphatic rings. The molecule has 0 aliphatic carbocycles. The first-order valence-electron chi connectivity index (χ1n) is 7.11. The van der Waals surface area contributed by atoms with Gasteiger partial charge in [-0.2, -0.15) is 0 Å². The average Bonchev–Trinajstić information content (AvgIpc) is 2.50. The SMILES string of the molecule is COc1ccc2cc(CNC(=O)C(C)C(C)N)ccc2c1.Cl. The van der Waals surface area contributed by atoms with Crippen molar-refractivity contribution < 1.29 is 9.53 Å². The Bertz CT molecular complexity index is 644. The molecule has 22 heavy (non-hydrogen) atoms. The molecular weight excluding hydrogens is 300 g/mol. The number of amides is 1. The van der Waals surface area contributed by atoms with Crippen molar-refractivity contribution in [2.75, 3.05) is 7.11 Å². The van der Waals surface area contributed by atoms with Gasteiger partial charge in [-0.05, 0) is 41.5 Å². The van der Waals surface area contributed by atoms with Crippen LogP contribution in [-0.4, -0.2) is 19.1 Å². The van der Waals surface area contributed by atoms with E-state index in [4.69, 9.17) is 10.5 Å². The van der Waals surface area contributed by atoms with Crippen molar-refractivity contribution in [1.82, 2.24) is 5.32 Å². The number of nitrogens with one attached hydrogen (secondary N) is 1. The second-order valence-electron chi connectivity index (χ2n) is 5.41. The van der Waals surface area contributed by atoms with E-state index in [0.29, 0.717) is 6.54 Å². The highest BCUT2D eigenvalue weighted by molar-refractivity contribution is 5.85. The summed E-state index contributed by atoms with van der Waals surface area (Å²) in [6, 6.07) is 11.9. The smallest absolute Gasteiger partial charge is 0.224 e. The lowest BCUT2D eigenvalue weighted by molar-refractivity contribution is -0.125. The van der Waals surface area contributed by atoms with Gasteiger partial charge in [0, 0.05) is 18.5 Å². The first kappa shape index (κ1) is 18.3. The largest absolute Gasteiger partial charge is 0.497 e. The van der Waals surface area contributed by atoms with Gasteiger partial charge in [0.2, 0.25) is 5.91 Å². The van der Waals surface area contributed by atoms with Crippen molar-refractivity contribution in [1.29, 1.82) is 0 Å². The van der Waals surface area contributed by atoms with Crippen LogP contribution < -0.4 is 15.8 Å². The molecule has 2 atom stereocenters. The summed E-state index contributed by atoms with van der Waals surface area (Å²) < 4.78 is 5.21. The molecule has 0 radical (unpaired) electrons. The van der Waals surface area contributed by atoms with Crippen LogP contribution in [0.25, 0.3) is 10.8 Å². The lowest BCUT2D eigenvalue weighted by Crippen LogP contribution is -2.38. The summed E-state index contributed by atoms with van der Waals surface area (Å²) in [6.07, 6.45) is 0. The van der Waals surface area contributed by atoms with Crippen molar-refractivity contribution in [3.05, 3.63) is 42.0 Å². The number of methoxy groups -OCH3 is 1. The standard InChI is InChI=1S/C17H22N2O2.ClH/c1-11(12(2)18)17(20)19-10-13-4-5-15-9-16(21-3)7-6-14(15)8-13;/h4-9,11-12H,10,18H2,1-3H3,(H,19,20);1H. The van der Waals surface area contributed by atoms with E-state index in [-0.39, 0.29) is 30.3 Å². The van der Waals surface area contributed by atoms with Gasteiger partial charge in [-0.3, -0.25) is 4.79 Å². The van der Waals surface area contributed by atoms with E-state index < -0.39 is 0 Å². The Labute approximate surface area is 137 Å². The fraction of sp³-hybridized carbons (Fsp3) is 0.353. The highest BCUT2D eigenvalue weighted by atomic mass is 35.5. The molecule has 2 aromatic carbocycles. The summed E-state index contributed by atoms with van der Waals surface area (Å²) in [7, 11) is 1.66. The molecular formula is C17H23ClN2O2. The molecule has 120 valence electrons. The first-order valence-corrected chi connectivity index (χ1v) is 7.11. The van der Waals surface area contributed by atoms with E-state index in [1.54, 1.807) is 7.11 Å². The molecule has 0 aliphatic heterocycles. The molecule has 0 bridgehead atoms. The molecule has 0 fully saturated rings. The number of hydrogen-bond acceptors (Lipinski definition) is 3. The fourth-order valence-electron chi connectivity index (χ4n) is 2.10. The Kier molecular flexibility index (Phi) is 6.65. The number of carbonyl (C=O) groups is 1. The maximum absolute atomic E-state index is 11.9. The van der Waals surface area contributed by atoms with Crippen molar-refractivity contribution >= 4 is 29.1 Å². The predicted molar refractivity (Wildman–Crippen MR) is 92.4 cm³/mol. The lowest BCUT2D eigenvalue weighted by Gasteiger charge is -2.15. The highest BCUT2D eigenvalue weighted by Gasteiger charge is 2.16. The van der Waals surface area contributed by atoms with Crippen molar-refractivity contribution in [3.63, 3.8) is 0 Å². The van der Waals surface area contributed by atoms with E-state index in [1.165, 1.54) is 0 Å². The minimum atomic E-state index is -0.185. The Morgan fingerprint density at radius 2 is 1.82 bits per heavy atom. The summed E-state index contributed by atoms with van der Waals surface area (Å²) in [4.78, 5) is 11.9. The first-order chi connectivity index (χ1) is 10.0. The van der Waals surface area contributed by atoms with E-state index in [1.807, 2.05) is 44.2 Å². The van der Waals surface area contributed by atoms with Gasteiger partial charge in [0.05, 0.1) is 7.11 Å². The number of hydrogen-bond donors (Lipinski definition) is 2. The number of rotatable bonds is 5. The van der Waals surface area contributed by atoms with E-state index in [9.17, 15) is 4.79 Å². The molecule has 0 saturated heterocycles. The van der Waals surface area contributed by atoms with Gasteiger partial charge >= 0.3 is 0 Å². The Balaban J connectivity index is 0.00000242. The third-order valence-electron chi connectivity index (χ3n) is 3.78. The fourth-order valence-corrected chi connectivity index (χ4v) is 2.10. The summed E-state index contributed by atoms with van der Waals surface area (Å²) in [6.45, 7) is 4.19. The molecule has 1 amide bonds. The lowest BCUT2D eigenvalue weighted by atomic mass is 10.0. The van der Waals surface area contributed by atoms with Crippen molar-refractivity contribution in [3.8, 4) is 5.75 Å². The number of halogens is 1. The monoisotopic (exact) mass is 322 g/mol. The van der Waals surface area contributed by atoms with Crippen molar-refractivity contribution in [2.45, 2.75) is 26.4 Å². The second-order valence-corrected chi connectivity index (χ2v) is 5.41. The Morgan fingerprint density at radius 3 is 2.45 bits per heavy atom. The Morgan fingerprint density at radius 1 is 1.18 bits per heavy atom. The van der Waals surface area contributed by atoms with Crippen LogP contribution in [0.2, 0.25) is 0 Å². The summed E-state index contributed by atoms with van der Waals surface area (Å²) in [5, 5.41) is 5.17. The number of carbonyl (C=O) groups excluding carboxylic acids is 1. The molecule has 0 aromatic heterocycles. The summed E-state index contributed by atoms with van der Waals surface area (Å²) >= 11 is 0. The minimum absolute atomic E-state index is 0. The molecule has 2 rings (SSSR count). The van der Waals surface area contributed by atoms with E-state index in [2.05, 4.69) is 11.4 Å². The number of benzene rings is 2. The normalized spacial score (nSPS) is 13.1. The van der Waals surface area contributed by atoms with Crippen LogP contribution in [0.5, 0.6) is 5.75 Å². The van der Waals surface area contributed by atoms with Crippen LogP contribution in [0.3, 0.4) is 0 Å². The zero-order chi connectivity index (χ0) is 15.4. The average molecular weight is 323 g/mol. The molecule has 0 spiro atoms. The van der Waals surface area contributed by atoms with Crippen LogP contribution in [0, 0.1) is 5.92 Å². The minimum Gasteiger partial charge on any atom is -0.497 e. The van der Waals surface area contributed by atoms with Gasteiger partial charge in [-0.25, -0.2) is 0 Å². The van der Waals surface area contributed by atoms with Crippen LogP contribution in [0.15, 0.2) is 36.4 Å². The van der Waals surface area contributed by atoms with Gasteiger partial charge in [-0.15, -0.1) is 12.4 Å². The molecule has 5 heteroatoms. The second kappa shape index (κ2) is 8.01. The van der Waals surface area contributed by atoms with Crippen LogP contribution in [0.4, 0.5) is 0 Å². The van der Waals surface area contributed by atoms with Gasteiger partial charge in [-0.1, -0.05) is 25.1 Å². The van der Waals surface area contributed by atoms with Gasteiger partial charge in [0.25, 0.3) is 0 Å². The maximum atomic E-state index is 11.9. The summed E-state index contributed by atoms with van der Waals surface area (Å²) in [5.41, 5.74) is 6.80. The van der Waals surface area contributed by atoms with Gasteiger partial charge in [0.1, 0.15) is 5.75 Å². The summed E-state index contributed by atoms with van der Waals surface area (Å²) in [5.74, 6) is 0.642. The molecule has 4 nitrogen and oxygen atoms in total. The number of fused-ring (bicyclic) bond motifs is 1. The predicted octanol–water partition coefficient (Wildman–Crippen LogP) is 2.87. The maximum Gasteiger partial charge on any atom is 0.224 e. The molecule has 2 aromatic rings. The van der Waals surface area contributed by atoms with Gasteiger partial charge in [0.15, 0.2) is 0 Å². The van der Waals surface area contributed by atoms with E-state index >= 15 is 0 Å². The topological polar surface area (TPSA) is 64.3 Å². The molecule has 3 N–H and O–H groups in total. The number of nitrogens with two attached hydrogens (primary N) is 1. The molecule has 0 heterocycles. The van der Waals surface area contributed by atoms with Crippen LogP contribution in [0.1, 0.15) is 19.4 Å². The third-order valence-corrected chi connectivity index (χ3v) is 3.78. The molecule has 0 saturated carbocycles. The molecule has 2 unspecified atom stereocenters. The van der Waals surface area contributed by atoms with Crippen molar-refractivity contribution in [2.24, 2.45) is 11.7 Å². The van der Waals surface area contributed by atoms with E-state index in [0.717, 1.165) is 22.1 Å². The van der Waals surface area contributed by atoms with Crippen LogP contribution in [-0.2, 0) is 11.3 Å². The van der Waals surface area contributed by atoms with Gasteiger partial charge < -0.3 is 15.8 Å². The number of ether oxygens (including phenoxy) is 1. The zero-order valence-corrected chi connectivity index (χ0v) is 13.9. The highest BCUT2D eigenvalue weighted by Crippen LogP contribution is 2.21. The zero-order valence-electron chi connectivity index (χ0n) is 13.1.